The first kappa shape index (κ1) is 20.5. The summed E-state index contributed by atoms with van der Waals surface area (Å²) in [6, 6.07) is 0. The zero-order valence-electron chi connectivity index (χ0n) is 14.7. The Balaban J connectivity index is 1.98. The van der Waals surface area contributed by atoms with Crippen molar-refractivity contribution in [1.29, 1.82) is 0 Å². The fourth-order valence-corrected chi connectivity index (χ4v) is 4.99. The van der Waals surface area contributed by atoms with Gasteiger partial charge in [-0.1, -0.05) is 25.0 Å². The lowest BCUT2D eigenvalue weighted by atomic mass is 9.72. The summed E-state index contributed by atoms with van der Waals surface area (Å²) in [5.41, 5.74) is -8.27. The van der Waals surface area contributed by atoms with Crippen LogP contribution in [0, 0.1) is 23.7 Å². The molecule has 3 aliphatic carbocycles. The Kier molecular flexibility index (Phi) is 4.85. The van der Waals surface area contributed by atoms with E-state index in [4.69, 9.17) is 4.74 Å². The summed E-state index contributed by atoms with van der Waals surface area (Å²) in [5, 5.41) is 10.0. The third-order valence-electron chi connectivity index (χ3n) is 6.57. The SMILES string of the molecule is CC(OC(=O)C1CC2C=CC1C2)(C1CCCC1)C(O)(C(F)(F)F)C(F)(F)F. The van der Waals surface area contributed by atoms with Crippen molar-refractivity contribution in [2.75, 3.05) is 0 Å². The monoisotopic (exact) mass is 400 g/mol. The van der Waals surface area contributed by atoms with Crippen LogP contribution in [0.2, 0.25) is 0 Å². The van der Waals surface area contributed by atoms with E-state index in [1.807, 2.05) is 6.08 Å². The van der Waals surface area contributed by atoms with E-state index in [-0.39, 0.29) is 24.7 Å². The highest BCUT2D eigenvalue weighted by molar-refractivity contribution is 5.74. The van der Waals surface area contributed by atoms with E-state index < -0.39 is 41.4 Å². The third kappa shape index (κ3) is 3.06. The molecular weight excluding hydrogens is 378 g/mol. The summed E-state index contributed by atoms with van der Waals surface area (Å²) in [6.07, 6.45) is -6.57. The molecule has 0 aromatic rings. The van der Waals surface area contributed by atoms with Gasteiger partial charge < -0.3 is 9.84 Å². The predicted octanol–water partition coefficient (Wildman–Crippen LogP) is 4.55. The fourth-order valence-electron chi connectivity index (χ4n) is 4.99. The van der Waals surface area contributed by atoms with Gasteiger partial charge in [0.05, 0.1) is 5.92 Å². The van der Waals surface area contributed by atoms with Crippen molar-refractivity contribution in [2.24, 2.45) is 23.7 Å². The van der Waals surface area contributed by atoms with Crippen molar-refractivity contribution in [1.82, 2.24) is 0 Å². The smallest absolute Gasteiger partial charge is 0.430 e. The molecule has 1 N–H and O–H groups in total. The minimum atomic E-state index is -6.04. The molecule has 27 heavy (non-hydrogen) atoms. The number of hydrogen-bond donors (Lipinski definition) is 1. The lowest BCUT2D eigenvalue weighted by molar-refractivity contribution is -0.417. The first-order chi connectivity index (χ1) is 12.3. The predicted molar refractivity (Wildman–Crippen MR) is 82.4 cm³/mol. The second kappa shape index (κ2) is 6.39. The van der Waals surface area contributed by atoms with Crippen LogP contribution in [0.1, 0.15) is 45.4 Å². The van der Waals surface area contributed by atoms with Crippen LogP contribution in [0.5, 0.6) is 0 Å². The van der Waals surface area contributed by atoms with Gasteiger partial charge in [0.2, 0.25) is 0 Å². The molecular formula is C18H22F6O3. The Morgan fingerprint density at radius 3 is 1.96 bits per heavy atom. The topological polar surface area (TPSA) is 46.5 Å². The van der Waals surface area contributed by atoms with Crippen LogP contribution in [0.25, 0.3) is 0 Å². The Hall–Kier alpha value is -1.25. The molecule has 3 rings (SSSR count). The molecule has 0 spiro atoms. The first-order valence-electron chi connectivity index (χ1n) is 9.08. The van der Waals surface area contributed by atoms with Crippen molar-refractivity contribution in [3.05, 3.63) is 12.2 Å². The van der Waals surface area contributed by atoms with Crippen LogP contribution in [-0.4, -0.2) is 34.6 Å². The molecule has 0 aliphatic heterocycles. The summed E-state index contributed by atoms with van der Waals surface area (Å²) < 4.78 is 86.3. The van der Waals surface area contributed by atoms with Gasteiger partial charge in [0.25, 0.3) is 5.60 Å². The van der Waals surface area contributed by atoms with Gasteiger partial charge in [0.1, 0.15) is 0 Å². The zero-order valence-corrected chi connectivity index (χ0v) is 14.7. The second-order valence-electron chi connectivity index (χ2n) is 8.10. The Morgan fingerprint density at radius 2 is 1.56 bits per heavy atom. The molecule has 0 heterocycles. The average molecular weight is 400 g/mol. The fraction of sp³-hybridized carbons (Fsp3) is 0.833. The highest BCUT2D eigenvalue weighted by Gasteiger charge is 2.81. The number of aliphatic hydroxyl groups is 1. The summed E-state index contributed by atoms with van der Waals surface area (Å²) in [7, 11) is 0. The van der Waals surface area contributed by atoms with E-state index in [0.717, 1.165) is 0 Å². The minimum Gasteiger partial charge on any atom is -0.455 e. The normalized spacial score (nSPS) is 31.3. The molecule has 9 heteroatoms. The number of carbonyl (C=O) groups is 1. The van der Waals surface area contributed by atoms with Crippen molar-refractivity contribution in [3.63, 3.8) is 0 Å². The lowest BCUT2D eigenvalue weighted by Gasteiger charge is -2.48. The third-order valence-corrected chi connectivity index (χ3v) is 6.57. The van der Waals surface area contributed by atoms with Crippen molar-refractivity contribution >= 4 is 5.97 Å². The number of halogens is 6. The summed E-state index contributed by atoms with van der Waals surface area (Å²) in [6.45, 7) is 0.588. The largest absolute Gasteiger partial charge is 0.455 e. The van der Waals surface area contributed by atoms with E-state index in [9.17, 15) is 36.2 Å². The van der Waals surface area contributed by atoms with Crippen LogP contribution in [0.3, 0.4) is 0 Å². The number of carbonyl (C=O) groups excluding carboxylic acids is 1. The molecule has 4 atom stereocenters. The molecule has 4 unspecified atom stereocenters. The van der Waals surface area contributed by atoms with Gasteiger partial charge in [-0.15, -0.1) is 0 Å². The number of hydrogen-bond acceptors (Lipinski definition) is 3. The molecule has 0 saturated heterocycles. The number of esters is 1. The molecule has 0 radical (unpaired) electrons. The number of fused-ring (bicyclic) bond motifs is 2. The Bertz CT molecular complexity index is 606. The van der Waals surface area contributed by atoms with E-state index >= 15 is 0 Å². The summed E-state index contributed by atoms with van der Waals surface area (Å²) in [4.78, 5) is 12.6. The number of allylic oxidation sites excluding steroid dienone is 2. The molecule has 2 fully saturated rings. The molecule has 154 valence electrons. The van der Waals surface area contributed by atoms with Crippen molar-refractivity contribution < 1.29 is 41.0 Å². The van der Waals surface area contributed by atoms with Crippen molar-refractivity contribution in [3.8, 4) is 0 Å². The van der Waals surface area contributed by atoms with Crippen LogP contribution >= 0.6 is 0 Å². The van der Waals surface area contributed by atoms with E-state index in [2.05, 4.69) is 0 Å². The second-order valence-corrected chi connectivity index (χ2v) is 8.10. The van der Waals surface area contributed by atoms with E-state index in [1.165, 1.54) is 0 Å². The lowest BCUT2D eigenvalue weighted by Crippen LogP contribution is -2.73. The van der Waals surface area contributed by atoms with Gasteiger partial charge in [0, 0.05) is 5.92 Å². The Labute approximate surface area is 152 Å². The number of alkyl halides is 6. The maximum atomic E-state index is 13.6. The van der Waals surface area contributed by atoms with Gasteiger partial charge >= 0.3 is 18.3 Å². The van der Waals surface area contributed by atoms with Gasteiger partial charge in [-0.3, -0.25) is 4.79 Å². The van der Waals surface area contributed by atoms with Crippen LogP contribution in [0.4, 0.5) is 26.3 Å². The van der Waals surface area contributed by atoms with Gasteiger partial charge in [0.15, 0.2) is 5.60 Å². The van der Waals surface area contributed by atoms with Crippen LogP contribution < -0.4 is 0 Å². The molecule has 3 aliphatic rings. The standard InChI is InChI=1S/C18H22F6O3/c1-15(12-4-2-3-5-12,16(26,17(19,20)21)18(22,23)24)27-14(25)13-9-10-6-7-11(13)8-10/h6-7,10-13,26H,2-5,8-9H2,1H3. The summed E-state index contributed by atoms with van der Waals surface area (Å²) in [5.74, 6) is -3.24. The average Bonchev–Trinajstić information content (AvgIpc) is 3.28. The Morgan fingerprint density at radius 1 is 1.00 bits per heavy atom. The maximum Gasteiger partial charge on any atom is 0.430 e. The zero-order chi connectivity index (χ0) is 20.3. The molecule has 0 aromatic carbocycles. The molecule has 3 nitrogen and oxygen atoms in total. The summed E-state index contributed by atoms with van der Waals surface area (Å²) >= 11 is 0. The maximum absolute atomic E-state index is 13.6. The van der Waals surface area contributed by atoms with Gasteiger partial charge in [-0.25, -0.2) is 0 Å². The van der Waals surface area contributed by atoms with Gasteiger partial charge in [-0.05, 0) is 44.4 Å². The molecule has 2 bridgehead atoms. The number of ether oxygens (including phenoxy) is 1. The molecule has 0 amide bonds. The van der Waals surface area contributed by atoms with Crippen LogP contribution in [-0.2, 0) is 9.53 Å². The highest BCUT2D eigenvalue weighted by Crippen LogP contribution is 2.56. The number of rotatable bonds is 4. The molecule has 2 saturated carbocycles. The van der Waals surface area contributed by atoms with Crippen molar-refractivity contribution in [2.45, 2.75) is 69.0 Å². The van der Waals surface area contributed by atoms with Gasteiger partial charge in [-0.2, -0.15) is 26.3 Å². The highest BCUT2D eigenvalue weighted by atomic mass is 19.4. The quantitative estimate of drug-likeness (QED) is 0.428. The van der Waals surface area contributed by atoms with E-state index in [0.29, 0.717) is 32.6 Å². The van der Waals surface area contributed by atoms with Crippen LogP contribution in [0.15, 0.2) is 12.2 Å². The van der Waals surface area contributed by atoms with E-state index in [1.54, 1.807) is 6.08 Å². The minimum absolute atomic E-state index is 0.0227. The molecule has 0 aromatic heterocycles. The first-order valence-corrected chi connectivity index (χ1v) is 9.08.